The summed E-state index contributed by atoms with van der Waals surface area (Å²) in [6.45, 7) is 2.04. The molecule has 4 nitrogen and oxygen atoms in total. The van der Waals surface area contributed by atoms with Gasteiger partial charge in [-0.05, 0) is 30.4 Å². The van der Waals surface area contributed by atoms with Gasteiger partial charge in [0.25, 0.3) is 0 Å². The van der Waals surface area contributed by atoms with E-state index in [-0.39, 0.29) is 23.6 Å². The Bertz CT molecular complexity index is 505. The predicted octanol–water partition coefficient (Wildman–Crippen LogP) is 1.68. The maximum absolute atomic E-state index is 14.0. The quantitative estimate of drug-likeness (QED) is 0.722. The minimum absolute atomic E-state index is 0.0672. The van der Waals surface area contributed by atoms with E-state index < -0.39 is 0 Å². The van der Waals surface area contributed by atoms with Crippen molar-refractivity contribution in [2.45, 2.75) is 13.3 Å². The largest absolute Gasteiger partial charge is 0.393 e. The van der Waals surface area contributed by atoms with Gasteiger partial charge in [0.15, 0.2) is 0 Å². The Morgan fingerprint density at radius 2 is 2.32 bits per heavy atom. The van der Waals surface area contributed by atoms with Gasteiger partial charge >= 0.3 is 0 Å². The molecule has 2 aliphatic carbocycles. The summed E-state index contributed by atoms with van der Waals surface area (Å²) in [5.74, 6) is 0.0242. The lowest BCUT2D eigenvalue weighted by atomic mass is 9.92. The van der Waals surface area contributed by atoms with Gasteiger partial charge in [0.1, 0.15) is 5.83 Å². The fourth-order valence-corrected chi connectivity index (χ4v) is 2.39. The Kier molecular flexibility index (Phi) is 3.83. The molecule has 2 unspecified atom stereocenters. The van der Waals surface area contributed by atoms with Gasteiger partial charge in [0.05, 0.1) is 5.71 Å². The van der Waals surface area contributed by atoms with E-state index in [1.165, 1.54) is 19.1 Å². The van der Waals surface area contributed by atoms with E-state index >= 15 is 0 Å². The first kappa shape index (κ1) is 13.5. The zero-order valence-corrected chi connectivity index (χ0v) is 11.1. The lowest BCUT2D eigenvalue weighted by Crippen LogP contribution is -2.23. The summed E-state index contributed by atoms with van der Waals surface area (Å²) < 4.78 is 14.0. The monoisotopic (exact) mass is 263 g/mol. The summed E-state index contributed by atoms with van der Waals surface area (Å²) in [4.78, 5) is 10.9. The highest BCUT2D eigenvalue weighted by atomic mass is 19.1. The highest BCUT2D eigenvalue weighted by Gasteiger charge is 2.43. The van der Waals surface area contributed by atoms with E-state index in [1.54, 1.807) is 13.2 Å². The van der Waals surface area contributed by atoms with Gasteiger partial charge in [0, 0.05) is 37.9 Å². The molecule has 2 rings (SSSR count). The molecule has 0 bridgehead atoms. The zero-order chi connectivity index (χ0) is 14.0. The Balaban J connectivity index is 2.14. The highest BCUT2D eigenvalue weighted by Crippen LogP contribution is 2.48. The SMILES string of the molecule is CN/C=C1\C(=N)C=CC(F)=C1C1CC1CNC(C)=O. The average molecular weight is 263 g/mol. The van der Waals surface area contributed by atoms with E-state index in [4.69, 9.17) is 5.41 Å². The van der Waals surface area contributed by atoms with Crippen molar-refractivity contribution in [3.8, 4) is 0 Å². The molecule has 0 spiro atoms. The van der Waals surface area contributed by atoms with Gasteiger partial charge in [-0.3, -0.25) is 4.79 Å². The first-order valence-corrected chi connectivity index (χ1v) is 6.33. The van der Waals surface area contributed by atoms with Gasteiger partial charge in [-0.2, -0.15) is 0 Å². The molecule has 0 aromatic carbocycles. The minimum atomic E-state index is -0.271. The summed E-state index contributed by atoms with van der Waals surface area (Å²) in [5.41, 5.74) is 1.52. The van der Waals surface area contributed by atoms with Crippen molar-refractivity contribution < 1.29 is 9.18 Å². The average Bonchev–Trinajstić information content (AvgIpc) is 3.11. The molecule has 1 saturated carbocycles. The Hall–Kier alpha value is -1.91. The van der Waals surface area contributed by atoms with Crippen LogP contribution in [0.2, 0.25) is 0 Å². The summed E-state index contributed by atoms with van der Waals surface area (Å²) in [7, 11) is 1.73. The van der Waals surface area contributed by atoms with Crippen LogP contribution in [-0.4, -0.2) is 25.2 Å². The molecule has 0 aromatic heterocycles. The van der Waals surface area contributed by atoms with Crippen LogP contribution in [0.5, 0.6) is 0 Å². The highest BCUT2D eigenvalue weighted by molar-refractivity contribution is 6.11. The number of carbonyl (C=O) groups excluding carboxylic acids is 1. The standard InChI is InChI=1S/C14H18FN3O/c1-8(19)18-6-9-5-10(9)14-11(7-17-2)13(16)4-3-12(14)15/h3-4,7,9-10,16-17H,5-6H2,1-2H3,(H,18,19)/b11-7+,16-13?. The molecule has 2 atom stereocenters. The molecule has 19 heavy (non-hydrogen) atoms. The molecular weight excluding hydrogens is 245 g/mol. The number of rotatable bonds is 4. The number of hydrogen-bond donors (Lipinski definition) is 3. The van der Waals surface area contributed by atoms with Crippen molar-refractivity contribution in [1.82, 2.24) is 10.6 Å². The van der Waals surface area contributed by atoms with Crippen LogP contribution in [0.15, 0.2) is 35.3 Å². The number of amides is 1. The number of carbonyl (C=O) groups is 1. The fourth-order valence-electron chi connectivity index (χ4n) is 2.39. The molecule has 102 valence electrons. The molecule has 0 heterocycles. The Morgan fingerprint density at radius 3 is 2.95 bits per heavy atom. The van der Waals surface area contributed by atoms with Crippen LogP contribution >= 0.6 is 0 Å². The topological polar surface area (TPSA) is 65.0 Å². The molecule has 5 heteroatoms. The zero-order valence-electron chi connectivity index (χ0n) is 11.1. The van der Waals surface area contributed by atoms with E-state index in [0.29, 0.717) is 23.4 Å². The van der Waals surface area contributed by atoms with Gasteiger partial charge in [-0.1, -0.05) is 0 Å². The van der Waals surface area contributed by atoms with Crippen LogP contribution in [0.1, 0.15) is 13.3 Å². The third-order valence-corrected chi connectivity index (χ3v) is 3.43. The van der Waals surface area contributed by atoms with E-state index in [0.717, 1.165) is 6.42 Å². The van der Waals surface area contributed by atoms with Gasteiger partial charge in [-0.15, -0.1) is 0 Å². The van der Waals surface area contributed by atoms with Gasteiger partial charge in [-0.25, -0.2) is 4.39 Å². The fraction of sp³-hybridized carbons (Fsp3) is 0.429. The van der Waals surface area contributed by atoms with E-state index in [1.807, 2.05) is 0 Å². The summed E-state index contributed by atoms with van der Waals surface area (Å²) >= 11 is 0. The predicted molar refractivity (Wildman–Crippen MR) is 72.4 cm³/mol. The van der Waals surface area contributed by atoms with Gasteiger partial charge in [0.2, 0.25) is 5.91 Å². The van der Waals surface area contributed by atoms with Crippen LogP contribution < -0.4 is 10.6 Å². The number of halogens is 1. The Labute approximate surface area is 112 Å². The first-order valence-electron chi connectivity index (χ1n) is 6.33. The molecule has 0 saturated heterocycles. The normalized spacial score (nSPS) is 27.7. The first-order chi connectivity index (χ1) is 9.04. The second kappa shape index (κ2) is 5.38. The van der Waals surface area contributed by atoms with Crippen molar-refractivity contribution in [3.05, 3.63) is 35.3 Å². The minimum Gasteiger partial charge on any atom is -0.393 e. The molecule has 3 N–H and O–H groups in total. The molecule has 0 aliphatic heterocycles. The van der Waals surface area contributed by atoms with Gasteiger partial charge < -0.3 is 16.0 Å². The maximum Gasteiger partial charge on any atom is 0.216 e. The molecular formula is C14H18FN3O. The van der Waals surface area contributed by atoms with Crippen molar-refractivity contribution in [3.63, 3.8) is 0 Å². The van der Waals surface area contributed by atoms with Crippen LogP contribution in [0, 0.1) is 17.2 Å². The molecule has 1 fully saturated rings. The van der Waals surface area contributed by atoms with Crippen LogP contribution in [0.3, 0.4) is 0 Å². The Morgan fingerprint density at radius 1 is 1.58 bits per heavy atom. The second-order valence-electron chi connectivity index (χ2n) is 4.89. The number of allylic oxidation sites excluding steroid dienone is 5. The lowest BCUT2D eigenvalue weighted by molar-refractivity contribution is -0.119. The number of hydrogen-bond acceptors (Lipinski definition) is 3. The molecule has 0 aromatic rings. The van der Waals surface area contributed by atoms with Crippen LogP contribution in [0.4, 0.5) is 4.39 Å². The lowest BCUT2D eigenvalue weighted by Gasteiger charge is -2.16. The van der Waals surface area contributed by atoms with Crippen LogP contribution in [-0.2, 0) is 4.79 Å². The summed E-state index contributed by atoms with van der Waals surface area (Å²) in [5, 5.41) is 13.5. The van der Waals surface area contributed by atoms with Crippen molar-refractivity contribution in [2.24, 2.45) is 11.8 Å². The molecule has 2 aliphatic rings. The molecule has 0 radical (unpaired) electrons. The summed E-state index contributed by atoms with van der Waals surface area (Å²) in [6, 6.07) is 0. The van der Waals surface area contributed by atoms with E-state index in [9.17, 15) is 9.18 Å². The van der Waals surface area contributed by atoms with Crippen molar-refractivity contribution in [2.75, 3.05) is 13.6 Å². The smallest absolute Gasteiger partial charge is 0.216 e. The third kappa shape index (κ3) is 2.92. The van der Waals surface area contributed by atoms with E-state index in [2.05, 4.69) is 10.6 Å². The third-order valence-electron chi connectivity index (χ3n) is 3.43. The summed E-state index contributed by atoms with van der Waals surface area (Å²) in [6.07, 6.45) is 5.32. The van der Waals surface area contributed by atoms with Crippen LogP contribution in [0.25, 0.3) is 0 Å². The van der Waals surface area contributed by atoms with Crippen molar-refractivity contribution >= 4 is 11.6 Å². The second-order valence-corrected chi connectivity index (χ2v) is 4.89. The van der Waals surface area contributed by atoms with Crippen molar-refractivity contribution in [1.29, 1.82) is 5.41 Å². The maximum atomic E-state index is 14.0. The number of nitrogens with one attached hydrogen (secondary N) is 3. The molecule has 1 amide bonds.